The second-order valence-electron chi connectivity index (χ2n) is 32.5. The number of nitrogens with two attached hydrogens (primary N) is 3. The molecule has 2 atom stereocenters. The maximum atomic E-state index is 12.9. The Hall–Kier alpha value is -11.1. The minimum atomic E-state index is -4.20. The van der Waals surface area contributed by atoms with E-state index in [1.165, 1.54) is 4.90 Å². The Kier molecular flexibility index (Phi) is 35.0. The van der Waals surface area contributed by atoms with Crippen molar-refractivity contribution in [3.8, 4) is 45.3 Å². The molecule has 18 rings (SSSR count). The molecule has 7 fully saturated rings. The van der Waals surface area contributed by atoms with Gasteiger partial charge in [-0.05, 0) is 173 Å². The Morgan fingerprint density at radius 1 is 0.542 bits per heavy atom. The molecule has 16 heterocycles. The number of morpholine rings is 4. The van der Waals surface area contributed by atoms with Gasteiger partial charge in [-0.1, -0.05) is 95.6 Å². The maximum absolute atomic E-state index is 12.9. The van der Waals surface area contributed by atoms with Crippen LogP contribution in [-0.2, 0) is 28.3 Å². The summed E-state index contributed by atoms with van der Waals surface area (Å²) in [6.07, 6.45) is 9.57. The molecule has 0 spiro atoms. The average Bonchev–Trinajstić information content (AvgIpc) is 1.62. The number of alkyl halides is 4. The second kappa shape index (κ2) is 46.3. The first-order chi connectivity index (χ1) is 62.9. The van der Waals surface area contributed by atoms with Gasteiger partial charge in [-0.2, -0.15) is 13.2 Å². The quantitative estimate of drug-likeness (QED) is 0.0285. The number of hydrogen-bond donors (Lipinski definition) is 7. The van der Waals surface area contributed by atoms with Gasteiger partial charge in [0, 0.05) is 142 Å². The molecule has 0 aliphatic carbocycles. The number of anilines is 9. The van der Waals surface area contributed by atoms with Crippen molar-refractivity contribution < 1.29 is 55.8 Å². The molecule has 0 unspecified atom stereocenters. The number of Topliss-reactive ketones (excluding diaryl/α,β-unsaturated/α-hetero) is 1. The van der Waals surface area contributed by atoms with Crippen LogP contribution in [0.4, 0.5) is 75.3 Å². The lowest BCUT2D eigenvalue weighted by Gasteiger charge is -2.32. The summed E-state index contributed by atoms with van der Waals surface area (Å²) < 4.78 is 73.3. The van der Waals surface area contributed by atoms with Crippen LogP contribution in [0.5, 0.6) is 0 Å². The number of halogens is 7. The molecule has 131 heavy (non-hydrogen) atoms. The van der Waals surface area contributed by atoms with Crippen LogP contribution in [0.15, 0.2) is 140 Å². The first-order valence-electron chi connectivity index (χ1n) is 43.5. The van der Waals surface area contributed by atoms with E-state index in [0.29, 0.717) is 122 Å². The van der Waals surface area contributed by atoms with E-state index in [4.69, 9.17) is 90.2 Å². The average molecular weight is 1930 g/mol. The molecule has 9 aromatic heterocycles. The van der Waals surface area contributed by atoms with Gasteiger partial charge in [-0.3, -0.25) is 9.20 Å². The van der Waals surface area contributed by atoms with Crippen LogP contribution in [0.3, 0.4) is 0 Å². The fourth-order valence-corrected chi connectivity index (χ4v) is 15.9. The fraction of sp³-hybridized carbons (Fsp3) is 0.433. The number of carbonyl (C=O) groups excluding carboxylic acids is 3. The minimum Gasteiger partial charge on any atom is -0.399 e. The number of aryl methyl sites for hydroxylation is 2. The molecule has 0 saturated carbocycles. The summed E-state index contributed by atoms with van der Waals surface area (Å²) in [5.74, 6) is 5.00. The number of aromatic amines is 2. The molecule has 33 nitrogen and oxygen atoms in total. The third-order valence-electron chi connectivity index (χ3n) is 22.8. The smallest absolute Gasteiger partial charge is 0.399 e. The molecule has 10 N–H and O–H groups in total. The van der Waals surface area contributed by atoms with Crippen molar-refractivity contribution in [2.45, 2.75) is 105 Å². The highest BCUT2D eigenvalue weighted by atomic mass is 79.9. The minimum absolute atomic E-state index is 0.0342. The molecule has 7 aliphatic heterocycles. The SMILES string of the molecule is CC.CC[C@@H]1CCN(C(=O)Nc2ccc(C)c(-c3cc(-c4cnc(N)[nH]4)nc(N4CCOCC4)c3)c2)C1.Cc1ccc(NC(=O)N2CC[C@@H](CC(F)(F)F)C2)cc1B1OC(C)(C)C(C)(C)O1.Clc1cc(-c2cn3cccnc3n2)nc(N2CCOCC2)c1.Nc1ncc(-c2cc(Cl)cc(N3CCOCC3)n2)[nH]1.Nc1ncccn1.O=C(CBr)c1cc(Cl)cc(N2CCOCC2)n1. The zero-order valence-corrected chi connectivity index (χ0v) is 78.7. The number of nitrogens with zero attached hydrogens (tertiary/aromatic N) is 17. The highest BCUT2D eigenvalue weighted by molar-refractivity contribution is 9.09. The number of carbonyl (C=O) groups is 3. The first kappa shape index (κ1) is 99.0. The van der Waals surface area contributed by atoms with Crippen LogP contribution in [0.2, 0.25) is 15.1 Å². The molecule has 698 valence electrons. The van der Waals surface area contributed by atoms with Crippen LogP contribution in [0.25, 0.3) is 51.1 Å². The van der Waals surface area contributed by atoms with E-state index in [-0.39, 0.29) is 23.7 Å². The lowest BCUT2D eigenvalue weighted by molar-refractivity contribution is -0.143. The van der Waals surface area contributed by atoms with Gasteiger partial charge in [0.05, 0.1) is 110 Å². The van der Waals surface area contributed by atoms with Crippen molar-refractivity contribution in [3.05, 3.63) is 172 Å². The van der Waals surface area contributed by atoms with Gasteiger partial charge >= 0.3 is 25.4 Å². The number of likely N-dealkylation sites (tertiary alicyclic amines) is 2. The molecule has 7 aliphatic rings. The normalized spacial score (nSPS) is 17.5. The van der Waals surface area contributed by atoms with Gasteiger partial charge in [0.25, 0.3) is 0 Å². The molecule has 2 aromatic carbocycles. The number of nitrogens with one attached hydrogen (secondary N) is 4. The number of ketones is 1. The van der Waals surface area contributed by atoms with Gasteiger partial charge < -0.3 is 95.5 Å². The summed E-state index contributed by atoms with van der Waals surface area (Å²) in [6.45, 7) is 32.1. The van der Waals surface area contributed by atoms with Crippen LogP contribution in [0.1, 0.15) is 95.8 Å². The van der Waals surface area contributed by atoms with Crippen LogP contribution in [-0.4, -0.2) is 253 Å². The molecular weight excluding hydrogens is 1820 g/mol. The number of urea groups is 2. The highest BCUT2D eigenvalue weighted by Crippen LogP contribution is 2.39. The molecule has 11 aromatic rings. The fourth-order valence-electron chi connectivity index (χ4n) is 15.0. The summed E-state index contributed by atoms with van der Waals surface area (Å²) in [5, 5.41) is 7.97. The Bertz CT molecular complexity index is 5560. The molecule has 0 radical (unpaired) electrons. The van der Waals surface area contributed by atoms with Crippen molar-refractivity contribution >= 4 is 139 Å². The Morgan fingerprint density at radius 3 is 1.46 bits per heavy atom. The number of benzene rings is 2. The summed E-state index contributed by atoms with van der Waals surface area (Å²) in [7, 11) is -0.556. The second-order valence-corrected chi connectivity index (χ2v) is 34.4. The van der Waals surface area contributed by atoms with E-state index in [1.807, 2.05) is 125 Å². The predicted molar refractivity (Wildman–Crippen MR) is 511 cm³/mol. The zero-order valence-electron chi connectivity index (χ0n) is 74.8. The van der Waals surface area contributed by atoms with Crippen LogP contribution < -0.4 is 52.9 Å². The van der Waals surface area contributed by atoms with E-state index in [2.05, 4.69) is 116 Å². The van der Waals surface area contributed by atoms with Gasteiger partial charge in [-0.25, -0.2) is 59.4 Å². The number of H-pyrrole nitrogens is 2. The predicted octanol–water partition coefficient (Wildman–Crippen LogP) is 15.3. The van der Waals surface area contributed by atoms with E-state index >= 15 is 0 Å². The summed E-state index contributed by atoms with van der Waals surface area (Å²) in [6, 6.07) is 29.5. The number of amides is 4. The Labute approximate surface area is 783 Å². The van der Waals surface area contributed by atoms with Crippen molar-refractivity contribution in [3.63, 3.8) is 0 Å². The molecular formula is C90H112BBrCl3F3N24O9. The number of rotatable bonds is 15. The summed E-state index contributed by atoms with van der Waals surface area (Å²) in [5.41, 5.74) is 26.8. The lowest BCUT2D eigenvalue weighted by atomic mass is 9.76. The number of fused-ring (bicyclic) bond motifs is 1. The Balaban J connectivity index is 0.000000147. The van der Waals surface area contributed by atoms with Crippen molar-refractivity contribution in [1.82, 2.24) is 74.0 Å². The largest absolute Gasteiger partial charge is 0.495 e. The number of imidazole rings is 3. The number of hydrogen-bond acceptors (Lipinski definition) is 26. The lowest BCUT2D eigenvalue weighted by Crippen LogP contribution is -2.41. The number of aromatic nitrogens is 13. The molecule has 4 amide bonds. The van der Waals surface area contributed by atoms with Crippen molar-refractivity contribution in [1.29, 1.82) is 0 Å². The molecule has 7 saturated heterocycles. The van der Waals surface area contributed by atoms with Gasteiger partial charge in [0.2, 0.25) is 11.7 Å². The van der Waals surface area contributed by atoms with Crippen LogP contribution in [0, 0.1) is 25.7 Å². The monoisotopic (exact) mass is 1920 g/mol. The highest BCUT2D eigenvalue weighted by Gasteiger charge is 2.52. The Morgan fingerprint density at radius 2 is 0.992 bits per heavy atom. The third-order valence-corrected chi connectivity index (χ3v) is 24.0. The topological polar surface area (TPSA) is 393 Å². The van der Waals surface area contributed by atoms with Crippen LogP contribution >= 0.6 is 50.7 Å². The first-order valence-corrected chi connectivity index (χ1v) is 45.8. The van der Waals surface area contributed by atoms with Crippen molar-refractivity contribution in [2.24, 2.45) is 11.8 Å². The number of pyridine rings is 4. The summed E-state index contributed by atoms with van der Waals surface area (Å²) in [4.78, 5) is 97.7. The number of ether oxygens (including phenoxy) is 4. The van der Waals surface area contributed by atoms with Gasteiger partial charge in [0.15, 0.2) is 17.7 Å². The van der Waals surface area contributed by atoms with E-state index in [9.17, 15) is 27.6 Å². The van der Waals surface area contributed by atoms with E-state index in [1.54, 1.807) is 67.4 Å². The zero-order chi connectivity index (χ0) is 93.5. The van der Waals surface area contributed by atoms with Gasteiger partial charge in [-0.15, -0.1) is 0 Å². The number of nitrogen functional groups attached to an aromatic ring is 3. The standard InChI is InChI=1S/C26H33N7O2.C20H28BF3N2O3.C15H14ClN5O.C12H14ClN5O.C11H12BrClN2O2.C4H5N3.C2H6/c1-3-18-6-7-33(16-18)26(34)29-20-5-4-17(2)21(14-20)19-12-22(23-15-28-25(27)31-23)30-24(13-19)32-8-10-35-11-9-32;1-13-6-7-15(10-16(13)21-28-18(2,3)19(4,5)29-21)25-17(27)26-9-8-14(12-26)11-20(22,23)24;16-11-8-12(13-10-21-3-1-2-17-15(21)19-13)18-14(9-11)20-4-6-22-7-5-20;13-8-5-9(10-7-15-12(14)17-10)16-11(6-8)18-1-3-19-4-2-18;12-7-10(16)9-5-8(13)6-11(14-9)15-1-3-17-4-2-15;5-4-6-2-1-3-7-4;1-2/h4-5,12-15,18H,3,6-11,16H2,1-2H3,(H,29,34)(H3,27,28,31);6-7,10,14H,8-9,11-12H2,1-5H3,(H,25,27);1-3,8-10H,4-7H2;5-7H,1-4H2,(H3,14,15,17);5-6H,1-4,7H2;1-3H,(H2,5,6,7);1-2H3/t18-;14-;;;;;/m10...../s1. The van der Waals surface area contributed by atoms with Gasteiger partial charge in [0.1, 0.15) is 34.7 Å². The molecule has 0 bridgehead atoms. The third kappa shape index (κ3) is 27.8. The maximum Gasteiger partial charge on any atom is 0.495 e. The van der Waals surface area contributed by atoms with E-state index < -0.39 is 42.9 Å². The van der Waals surface area contributed by atoms with E-state index in [0.717, 1.165) is 169 Å². The summed E-state index contributed by atoms with van der Waals surface area (Å²) >= 11 is 21.6. The molecule has 41 heteroatoms. The van der Waals surface area contributed by atoms with Crippen molar-refractivity contribution in [2.75, 3.05) is 184 Å².